The third kappa shape index (κ3) is 1.69. The van der Waals surface area contributed by atoms with Gasteiger partial charge in [0.1, 0.15) is 5.82 Å². The van der Waals surface area contributed by atoms with E-state index in [-0.39, 0.29) is 0 Å². The summed E-state index contributed by atoms with van der Waals surface area (Å²) in [4.78, 5) is 10.9. The Balaban J connectivity index is 2.26. The maximum atomic E-state index is 5.91. The van der Waals surface area contributed by atoms with Crippen molar-refractivity contribution in [3.05, 3.63) is 18.1 Å². The van der Waals surface area contributed by atoms with Crippen LogP contribution in [0.25, 0.3) is 0 Å². The molecule has 1 aliphatic heterocycles. The summed E-state index contributed by atoms with van der Waals surface area (Å²) in [5.74, 6) is 1.67. The Labute approximate surface area is 89.1 Å². The van der Waals surface area contributed by atoms with Gasteiger partial charge < -0.3 is 4.90 Å². The molecule has 1 atom stereocenters. The highest BCUT2D eigenvalue weighted by Crippen LogP contribution is 2.25. The van der Waals surface area contributed by atoms with E-state index in [4.69, 9.17) is 11.6 Å². The van der Waals surface area contributed by atoms with Gasteiger partial charge in [-0.15, -0.1) is 11.6 Å². The molecule has 0 spiro atoms. The SMILES string of the molecule is Cc1nccnc1N1CCCC1CCl. The van der Waals surface area contributed by atoms with Crippen LogP contribution in [0.4, 0.5) is 5.82 Å². The van der Waals surface area contributed by atoms with Crippen molar-refractivity contribution in [1.29, 1.82) is 0 Å². The van der Waals surface area contributed by atoms with Gasteiger partial charge in [0, 0.05) is 30.9 Å². The fraction of sp³-hybridized carbons (Fsp3) is 0.600. The molecule has 0 N–H and O–H groups in total. The van der Waals surface area contributed by atoms with Crippen LogP contribution in [0.3, 0.4) is 0 Å². The van der Waals surface area contributed by atoms with E-state index in [2.05, 4.69) is 14.9 Å². The molecule has 1 aromatic rings. The van der Waals surface area contributed by atoms with Crippen molar-refractivity contribution in [2.45, 2.75) is 25.8 Å². The van der Waals surface area contributed by atoms with Gasteiger partial charge >= 0.3 is 0 Å². The van der Waals surface area contributed by atoms with Gasteiger partial charge in [-0.1, -0.05) is 0 Å². The Morgan fingerprint density at radius 3 is 3.00 bits per heavy atom. The van der Waals surface area contributed by atoms with Crippen LogP contribution in [0.5, 0.6) is 0 Å². The summed E-state index contributed by atoms with van der Waals surface area (Å²) < 4.78 is 0. The minimum atomic E-state index is 0.437. The van der Waals surface area contributed by atoms with Gasteiger partial charge in [-0.2, -0.15) is 0 Å². The summed E-state index contributed by atoms with van der Waals surface area (Å²) in [5, 5.41) is 0. The second-order valence-electron chi connectivity index (χ2n) is 3.61. The molecule has 1 unspecified atom stereocenters. The van der Waals surface area contributed by atoms with Gasteiger partial charge in [-0.3, -0.25) is 4.98 Å². The fourth-order valence-electron chi connectivity index (χ4n) is 1.96. The molecule has 1 aliphatic rings. The molecule has 76 valence electrons. The van der Waals surface area contributed by atoms with E-state index in [0.29, 0.717) is 11.9 Å². The predicted octanol–water partition coefficient (Wildman–Crippen LogP) is 1.99. The van der Waals surface area contributed by atoms with Crippen LogP contribution in [0.2, 0.25) is 0 Å². The number of rotatable bonds is 2. The van der Waals surface area contributed by atoms with E-state index in [0.717, 1.165) is 18.1 Å². The van der Waals surface area contributed by atoms with Gasteiger partial charge in [-0.05, 0) is 19.8 Å². The van der Waals surface area contributed by atoms with E-state index in [9.17, 15) is 0 Å². The van der Waals surface area contributed by atoms with E-state index in [1.165, 1.54) is 12.8 Å². The first-order valence-corrected chi connectivity index (χ1v) is 5.46. The van der Waals surface area contributed by atoms with Gasteiger partial charge in [0.05, 0.1) is 5.69 Å². The van der Waals surface area contributed by atoms with Crippen molar-refractivity contribution < 1.29 is 0 Å². The second kappa shape index (κ2) is 4.13. The maximum absolute atomic E-state index is 5.91. The molecule has 0 radical (unpaired) electrons. The van der Waals surface area contributed by atoms with Gasteiger partial charge in [0.15, 0.2) is 0 Å². The van der Waals surface area contributed by atoms with Crippen molar-refractivity contribution in [2.75, 3.05) is 17.3 Å². The summed E-state index contributed by atoms with van der Waals surface area (Å²) in [6, 6.07) is 0.437. The zero-order valence-electron chi connectivity index (χ0n) is 8.28. The summed E-state index contributed by atoms with van der Waals surface area (Å²) in [6.07, 6.45) is 5.84. The second-order valence-corrected chi connectivity index (χ2v) is 3.92. The normalized spacial score (nSPS) is 21.6. The van der Waals surface area contributed by atoms with Crippen molar-refractivity contribution in [3.8, 4) is 0 Å². The molecule has 14 heavy (non-hydrogen) atoms. The lowest BCUT2D eigenvalue weighted by atomic mass is 10.2. The molecule has 2 heterocycles. The number of aryl methyl sites for hydroxylation is 1. The van der Waals surface area contributed by atoms with Crippen LogP contribution in [0.1, 0.15) is 18.5 Å². The van der Waals surface area contributed by atoms with E-state index in [1.807, 2.05) is 6.92 Å². The van der Waals surface area contributed by atoms with Crippen molar-refractivity contribution in [3.63, 3.8) is 0 Å². The van der Waals surface area contributed by atoms with Crippen LogP contribution in [0.15, 0.2) is 12.4 Å². The van der Waals surface area contributed by atoms with Gasteiger partial charge in [0.25, 0.3) is 0 Å². The lowest BCUT2D eigenvalue weighted by molar-refractivity contribution is 0.728. The van der Waals surface area contributed by atoms with Crippen LogP contribution in [-0.2, 0) is 0 Å². The van der Waals surface area contributed by atoms with Gasteiger partial charge in [0.2, 0.25) is 0 Å². The number of nitrogens with zero attached hydrogens (tertiary/aromatic N) is 3. The number of anilines is 1. The summed E-state index contributed by atoms with van der Waals surface area (Å²) in [7, 11) is 0. The average Bonchev–Trinajstić information content (AvgIpc) is 2.66. The molecular weight excluding hydrogens is 198 g/mol. The van der Waals surface area contributed by atoms with E-state index in [1.54, 1.807) is 12.4 Å². The van der Waals surface area contributed by atoms with Crippen LogP contribution in [-0.4, -0.2) is 28.4 Å². The first kappa shape index (κ1) is 9.71. The molecule has 1 fully saturated rings. The molecule has 3 nitrogen and oxygen atoms in total. The third-order valence-corrected chi connectivity index (χ3v) is 3.04. The molecule has 0 saturated carbocycles. The summed E-state index contributed by atoms with van der Waals surface area (Å²) in [6.45, 7) is 3.04. The lowest BCUT2D eigenvalue weighted by Crippen LogP contribution is -2.31. The number of alkyl halides is 1. The van der Waals surface area contributed by atoms with E-state index >= 15 is 0 Å². The van der Waals surface area contributed by atoms with Gasteiger partial charge in [-0.25, -0.2) is 4.98 Å². The topological polar surface area (TPSA) is 29.0 Å². The van der Waals surface area contributed by atoms with Crippen LogP contribution < -0.4 is 4.90 Å². The van der Waals surface area contributed by atoms with E-state index < -0.39 is 0 Å². The molecule has 1 aromatic heterocycles. The Morgan fingerprint density at radius 2 is 2.29 bits per heavy atom. The smallest absolute Gasteiger partial charge is 0.150 e. The maximum Gasteiger partial charge on any atom is 0.150 e. The minimum Gasteiger partial charge on any atom is -0.351 e. The monoisotopic (exact) mass is 211 g/mol. The minimum absolute atomic E-state index is 0.437. The van der Waals surface area contributed by atoms with Crippen molar-refractivity contribution >= 4 is 17.4 Å². The highest BCUT2D eigenvalue weighted by atomic mass is 35.5. The Kier molecular flexibility index (Phi) is 2.87. The number of aromatic nitrogens is 2. The largest absolute Gasteiger partial charge is 0.351 e. The summed E-state index contributed by atoms with van der Waals surface area (Å²) in [5.41, 5.74) is 0.990. The van der Waals surface area contributed by atoms with Crippen LogP contribution >= 0.6 is 11.6 Å². The first-order chi connectivity index (χ1) is 6.83. The molecule has 2 rings (SSSR count). The van der Waals surface area contributed by atoms with Crippen molar-refractivity contribution in [2.24, 2.45) is 0 Å². The lowest BCUT2D eigenvalue weighted by Gasteiger charge is -2.24. The zero-order valence-corrected chi connectivity index (χ0v) is 9.04. The zero-order chi connectivity index (χ0) is 9.97. The third-order valence-electron chi connectivity index (χ3n) is 2.68. The van der Waals surface area contributed by atoms with Crippen molar-refractivity contribution in [1.82, 2.24) is 9.97 Å². The average molecular weight is 212 g/mol. The predicted molar refractivity (Wildman–Crippen MR) is 57.9 cm³/mol. The molecule has 0 aliphatic carbocycles. The molecule has 4 heteroatoms. The quantitative estimate of drug-likeness (QED) is 0.701. The number of hydrogen-bond acceptors (Lipinski definition) is 3. The Hall–Kier alpha value is -0.830. The Bertz CT molecular complexity index is 316. The standard InChI is InChI=1S/C10H14ClN3/c1-8-10(13-5-4-12-8)14-6-2-3-9(14)7-11/h4-5,9H,2-3,6-7H2,1H3. The molecule has 1 saturated heterocycles. The van der Waals surface area contributed by atoms with Crippen LogP contribution in [0, 0.1) is 6.92 Å². The summed E-state index contributed by atoms with van der Waals surface area (Å²) >= 11 is 5.91. The highest BCUT2D eigenvalue weighted by Gasteiger charge is 2.25. The molecular formula is C10H14ClN3. The fourth-order valence-corrected chi connectivity index (χ4v) is 2.28. The number of hydrogen-bond donors (Lipinski definition) is 0. The molecule has 0 aromatic carbocycles. The first-order valence-electron chi connectivity index (χ1n) is 4.93. The number of halogens is 1. The highest BCUT2D eigenvalue weighted by molar-refractivity contribution is 6.18. The Morgan fingerprint density at radius 1 is 1.50 bits per heavy atom. The molecule has 0 bridgehead atoms. The molecule has 0 amide bonds.